The van der Waals surface area contributed by atoms with E-state index in [9.17, 15) is 0 Å². The molecular weight excluding hydrogens is 186 g/mol. The Balaban J connectivity index is 4.90. The van der Waals surface area contributed by atoms with Gasteiger partial charge in [-0.2, -0.15) is 0 Å². The molecule has 0 spiro atoms. The Bertz CT molecular complexity index is 191. The van der Waals surface area contributed by atoms with E-state index >= 15 is 0 Å². The van der Waals surface area contributed by atoms with Crippen molar-refractivity contribution in [1.29, 1.82) is 0 Å². The van der Waals surface area contributed by atoms with Crippen molar-refractivity contribution in [3.8, 4) is 0 Å². The predicted molar refractivity (Wildman–Crippen MR) is 67.2 cm³/mol. The average molecular weight is 213 g/mol. The normalized spacial score (nSPS) is 13.7. The van der Waals surface area contributed by atoms with Crippen LogP contribution >= 0.6 is 0 Å². The fourth-order valence-corrected chi connectivity index (χ4v) is 2.10. The maximum Gasteiger partial charge on any atom is 0.0864 e. The highest BCUT2D eigenvalue weighted by Gasteiger charge is 2.33. The fourth-order valence-electron chi connectivity index (χ4n) is 2.10. The minimum absolute atomic E-state index is 0.0548. The molecule has 0 aromatic carbocycles. The Labute approximate surface area is 95.1 Å². The van der Waals surface area contributed by atoms with Crippen LogP contribution < -0.4 is 5.32 Å². The maximum absolute atomic E-state index is 5.97. The van der Waals surface area contributed by atoms with E-state index in [1.807, 2.05) is 7.05 Å². The van der Waals surface area contributed by atoms with Crippen molar-refractivity contribution in [2.75, 3.05) is 13.7 Å². The van der Waals surface area contributed by atoms with Crippen LogP contribution in [-0.4, -0.2) is 25.3 Å². The second-order valence-corrected chi connectivity index (χ2v) is 4.22. The molecule has 0 aliphatic heterocycles. The van der Waals surface area contributed by atoms with Crippen LogP contribution in [0.5, 0.6) is 0 Å². The van der Waals surface area contributed by atoms with Crippen molar-refractivity contribution in [3.05, 3.63) is 11.6 Å². The van der Waals surface area contributed by atoms with Crippen molar-refractivity contribution in [3.63, 3.8) is 0 Å². The van der Waals surface area contributed by atoms with Gasteiger partial charge in [-0.3, -0.25) is 0 Å². The van der Waals surface area contributed by atoms with E-state index in [2.05, 4.69) is 46.0 Å². The molecule has 0 aromatic heterocycles. The highest BCUT2D eigenvalue weighted by molar-refractivity contribution is 5.09. The summed E-state index contributed by atoms with van der Waals surface area (Å²) in [7, 11) is 2.00. The Morgan fingerprint density at radius 3 is 2.07 bits per heavy atom. The van der Waals surface area contributed by atoms with Gasteiger partial charge in [0.15, 0.2) is 0 Å². The van der Waals surface area contributed by atoms with Gasteiger partial charge in [-0.1, -0.05) is 25.5 Å². The van der Waals surface area contributed by atoms with Crippen molar-refractivity contribution in [1.82, 2.24) is 5.32 Å². The summed E-state index contributed by atoms with van der Waals surface area (Å²) in [5, 5.41) is 3.36. The second kappa shape index (κ2) is 7.02. The molecule has 0 aliphatic rings. The molecule has 0 aromatic rings. The van der Waals surface area contributed by atoms with Gasteiger partial charge < -0.3 is 10.1 Å². The molecule has 0 saturated carbocycles. The molecular formula is C13H27NO. The first-order valence-corrected chi connectivity index (χ1v) is 6.02. The summed E-state index contributed by atoms with van der Waals surface area (Å²) in [6.45, 7) is 11.5. The van der Waals surface area contributed by atoms with Crippen LogP contribution in [0.2, 0.25) is 0 Å². The standard InChI is InChI=1S/C13H27NO/c1-7-13(8-2,15-9-3)12(14-6)10-11(4)5/h10,12,14H,7-9H2,1-6H3. The molecule has 0 bridgehead atoms. The third kappa shape index (κ3) is 3.96. The predicted octanol–water partition coefficient (Wildman–Crippen LogP) is 3.14. The van der Waals surface area contributed by atoms with Crippen LogP contribution in [0.1, 0.15) is 47.5 Å². The minimum Gasteiger partial charge on any atom is -0.373 e. The van der Waals surface area contributed by atoms with E-state index in [0.717, 1.165) is 19.4 Å². The minimum atomic E-state index is -0.0548. The Morgan fingerprint density at radius 1 is 1.27 bits per heavy atom. The number of ether oxygens (including phenoxy) is 1. The lowest BCUT2D eigenvalue weighted by molar-refractivity contribution is -0.0599. The summed E-state index contributed by atoms with van der Waals surface area (Å²) in [5.74, 6) is 0. The lowest BCUT2D eigenvalue weighted by Gasteiger charge is -2.38. The summed E-state index contributed by atoms with van der Waals surface area (Å²) in [4.78, 5) is 0. The van der Waals surface area contributed by atoms with Crippen LogP contribution in [0, 0.1) is 0 Å². The molecule has 0 fully saturated rings. The molecule has 2 nitrogen and oxygen atoms in total. The quantitative estimate of drug-likeness (QED) is 0.656. The molecule has 0 saturated heterocycles. The van der Waals surface area contributed by atoms with Crippen molar-refractivity contribution in [2.45, 2.75) is 59.1 Å². The van der Waals surface area contributed by atoms with Gasteiger partial charge in [0.25, 0.3) is 0 Å². The topological polar surface area (TPSA) is 21.3 Å². The van der Waals surface area contributed by atoms with Gasteiger partial charge in [0.1, 0.15) is 0 Å². The Kier molecular flexibility index (Phi) is 6.86. The van der Waals surface area contributed by atoms with Crippen LogP contribution in [-0.2, 0) is 4.74 Å². The number of hydrogen-bond acceptors (Lipinski definition) is 2. The van der Waals surface area contributed by atoms with Gasteiger partial charge in [0.05, 0.1) is 11.6 Å². The molecule has 0 radical (unpaired) electrons. The number of hydrogen-bond donors (Lipinski definition) is 1. The van der Waals surface area contributed by atoms with Crippen molar-refractivity contribution < 1.29 is 4.74 Å². The highest BCUT2D eigenvalue weighted by atomic mass is 16.5. The van der Waals surface area contributed by atoms with Gasteiger partial charge in [-0.05, 0) is 40.7 Å². The molecule has 90 valence electrons. The molecule has 1 N–H and O–H groups in total. The smallest absolute Gasteiger partial charge is 0.0864 e. The largest absolute Gasteiger partial charge is 0.373 e. The van der Waals surface area contributed by atoms with Crippen molar-refractivity contribution in [2.24, 2.45) is 0 Å². The van der Waals surface area contributed by atoms with E-state index in [1.54, 1.807) is 0 Å². The second-order valence-electron chi connectivity index (χ2n) is 4.22. The van der Waals surface area contributed by atoms with E-state index in [-0.39, 0.29) is 5.60 Å². The third-order valence-corrected chi connectivity index (χ3v) is 3.01. The van der Waals surface area contributed by atoms with Gasteiger partial charge in [0.2, 0.25) is 0 Å². The molecule has 0 aliphatic carbocycles. The molecule has 0 rings (SSSR count). The van der Waals surface area contributed by atoms with Crippen LogP contribution in [0.4, 0.5) is 0 Å². The Hall–Kier alpha value is -0.340. The highest BCUT2D eigenvalue weighted by Crippen LogP contribution is 2.26. The maximum atomic E-state index is 5.97. The first-order chi connectivity index (χ1) is 7.06. The van der Waals surface area contributed by atoms with Crippen LogP contribution in [0.3, 0.4) is 0 Å². The van der Waals surface area contributed by atoms with Crippen LogP contribution in [0.25, 0.3) is 0 Å². The van der Waals surface area contributed by atoms with Crippen molar-refractivity contribution >= 4 is 0 Å². The number of rotatable bonds is 7. The van der Waals surface area contributed by atoms with E-state index < -0.39 is 0 Å². The van der Waals surface area contributed by atoms with Gasteiger partial charge in [0, 0.05) is 6.61 Å². The first-order valence-electron chi connectivity index (χ1n) is 6.02. The summed E-state index contributed by atoms with van der Waals surface area (Å²) in [5.41, 5.74) is 1.28. The summed E-state index contributed by atoms with van der Waals surface area (Å²) in [6.07, 6.45) is 4.34. The fraction of sp³-hybridized carbons (Fsp3) is 0.846. The van der Waals surface area contributed by atoms with E-state index in [1.165, 1.54) is 5.57 Å². The molecule has 15 heavy (non-hydrogen) atoms. The summed E-state index contributed by atoms with van der Waals surface area (Å²) >= 11 is 0. The molecule has 1 atom stereocenters. The van der Waals surface area contributed by atoms with E-state index in [0.29, 0.717) is 6.04 Å². The van der Waals surface area contributed by atoms with Gasteiger partial charge in [-0.15, -0.1) is 0 Å². The van der Waals surface area contributed by atoms with Gasteiger partial charge in [-0.25, -0.2) is 0 Å². The molecule has 2 heteroatoms. The number of nitrogens with one attached hydrogen (secondary N) is 1. The molecule has 0 amide bonds. The monoisotopic (exact) mass is 213 g/mol. The molecule has 1 unspecified atom stereocenters. The Morgan fingerprint density at radius 2 is 1.80 bits per heavy atom. The lowest BCUT2D eigenvalue weighted by atomic mass is 9.87. The summed E-state index contributed by atoms with van der Waals surface area (Å²) in [6, 6.07) is 0.303. The molecule has 0 heterocycles. The number of likely N-dealkylation sites (N-methyl/N-ethyl adjacent to an activating group) is 1. The van der Waals surface area contributed by atoms with E-state index in [4.69, 9.17) is 4.74 Å². The zero-order chi connectivity index (χ0) is 11.9. The lowest BCUT2D eigenvalue weighted by Crippen LogP contribution is -2.50. The summed E-state index contributed by atoms with van der Waals surface area (Å²) < 4.78 is 5.97. The van der Waals surface area contributed by atoms with Gasteiger partial charge >= 0.3 is 0 Å². The van der Waals surface area contributed by atoms with Crippen LogP contribution in [0.15, 0.2) is 11.6 Å². The first kappa shape index (κ1) is 14.7. The zero-order valence-electron chi connectivity index (χ0n) is 11.2. The number of allylic oxidation sites excluding steroid dienone is 1. The zero-order valence-corrected chi connectivity index (χ0v) is 11.2. The average Bonchev–Trinajstić information content (AvgIpc) is 2.23. The third-order valence-electron chi connectivity index (χ3n) is 3.01. The SMILES string of the molecule is CCOC(CC)(CC)C(C=C(C)C)NC.